The SMILES string of the molecule is Nc1cc(C(=O)NO)[nH]c(=O)n1. The summed E-state index contributed by atoms with van der Waals surface area (Å²) in [4.78, 5) is 26.7. The van der Waals surface area contributed by atoms with E-state index < -0.39 is 11.6 Å². The van der Waals surface area contributed by atoms with Crippen LogP contribution in [0.1, 0.15) is 10.5 Å². The summed E-state index contributed by atoms with van der Waals surface area (Å²) < 4.78 is 0. The Kier molecular flexibility index (Phi) is 2.06. The Morgan fingerprint density at radius 1 is 1.75 bits per heavy atom. The molecule has 7 nitrogen and oxygen atoms in total. The molecule has 0 fully saturated rings. The molecule has 0 bridgehead atoms. The van der Waals surface area contributed by atoms with Crippen LogP contribution in [0.5, 0.6) is 0 Å². The summed E-state index contributed by atoms with van der Waals surface area (Å²) in [5.74, 6) is -0.932. The first-order chi connectivity index (χ1) is 5.63. The summed E-state index contributed by atoms with van der Waals surface area (Å²) in [6.45, 7) is 0. The number of carbonyl (C=O) groups excluding carboxylic acids is 1. The van der Waals surface area contributed by atoms with Crippen LogP contribution in [-0.4, -0.2) is 21.1 Å². The summed E-state index contributed by atoms with van der Waals surface area (Å²) in [5.41, 5.74) is 5.62. The predicted octanol–water partition coefficient (Wildman–Crippen LogP) is -1.53. The van der Waals surface area contributed by atoms with Crippen LogP contribution in [0.4, 0.5) is 5.82 Å². The van der Waals surface area contributed by atoms with Crippen LogP contribution in [0.25, 0.3) is 0 Å². The number of carbonyl (C=O) groups is 1. The van der Waals surface area contributed by atoms with Gasteiger partial charge in [-0.25, -0.2) is 10.3 Å². The highest BCUT2D eigenvalue weighted by atomic mass is 16.5. The number of nitrogens with zero attached hydrogens (tertiary/aromatic N) is 1. The van der Waals surface area contributed by atoms with Gasteiger partial charge in [-0.05, 0) is 0 Å². The van der Waals surface area contributed by atoms with Crippen LogP contribution in [0.15, 0.2) is 10.9 Å². The van der Waals surface area contributed by atoms with E-state index in [4.69, 9.17) is 10.9 Å². The van der Waals surface area contributed by atoms with Gasteiger partial charge in [0.15, 0.2) is 0 Å². The Morgan fingerprint density at radius 2 is 2.42 bits per heavy atom. The van der Waals surface area contributed by atoms with Gasteiger partial charge in [-0.1, -0.05) is 0 Å². The standard InChI is InChI=1S/C5H6N4O3/c6-3-1-2(4(10)9-12)7-5(11)8-3/h1,12H,(H,9,10)(H3,6,7,8,11). The zero-order chi connectivity index (χ0) is 9.14. The highest BCUT2D eigenvalue weighted by Gasteiger charge is 2.05. The minimum atomic E-state index is -0.846. The molecule has 0 aliphatic rings. The molecule has 0 spiro atoms. The molecule has 7 heteroatoms. The van der Waals surface area contributed by atoms with Gasteiger partial charge in [-0.2, -0.15) is 4.98 Å². The molecule has 12 heavy (non-hydrogen) atoms. The molecule has 0 unspecified atom stereocenters. The number of hydroxylamine groups is 1. The molecule has 1 heterocycles. The van der Waals surface area contributed by atoms with E-state index >= 15 is 0 Å². The number of aromatic nitrogens is 2. The normalized spacial score (nSPS) is 9.42. The first kappa shape index (κ1) is 8.21. The van der Waals surface area contributed by atoms with Crippen molar-refractivity contribution in [2.24, 2.45) is 0 Å². The van der Waals surface area contributed by atoms with Gasteiger partial charge < -0.3 is 10.7 Å². The van der Waals surface area contributed by atoms with E-state index in [-0.39, 0.29) is 11.5 Å². The Bertz CT molecular complexity index is 358. The van der Waals surface area contributed by atoms with E-state index in [1.165, 1.54) is 5.48 Å². The molecule has 0 aliphatic heterocycles. The van der Waals surface area contributed by atoms with Crippen molar-refractivity contribution in [3.8, 4) is 0 Å². The molecule has 1 aromatic heterocycles. The van der Waals surface area contributed by atoms with Gasteiger partial charge in [0.25, 0.3) is 5.91 Å². The van der Waals surface area contributed by atoms with Crippen molar-refractivity contribution in [3.63, 3.8) is 0 Å². The molecule has 0 saturated heterocycles. The number of nitrogens with one attached hydrogen (secondary N) is 2. The lowest BCUT2D eigenvalue weighted by Crippen LogP contribution is -2.24. The average molecular weight is 170 g/mol. The number of aromatic amines is 1. The summed E-state index contributed by atoms with van der Waals surface area (Å²) in [5, 5.41) is 8.19. The van der Waals surface area contributed by atoms with Gasteiger partial charge in [0, 0.05) is 6.07 Å². The first-order valence-corrected chi connectivity index (χ1v) is 2.95. The fourth-order valence-electron chi connectivity index (χ4n) is 0.659. The number of nitrogen functional groups attached to an aromatic ring is 1. The maximum absolute atomic E-state index is 10.7. The second kappa shape index (κ2) is 3.01. The van der Waals surface area contributed by atoms with Crippen LogP contribution in [0.3, 0.4) is 0 Å². The number of hydrogen-bond acceptors (Lipinski definition) is 5. The second-order valence-electron chi connectivity index (χ2n) is 1.97. The van der Waals surface area contributed by atoms with Crippen LogP contribution in [-0.2, 0) is 0 Å². The predicted molar refractivity (Wildman–Crippen MR) is 38.5 cm³/mol. The maximum atomic E-state index is 10.7. The third-order valence-electron chi connectivity index (χ3n) is 1.11. The number of nitrogens with two attached hydrogens (primary N) is 1. The van der Waals surface area contributed by atoms with Gasteiger partial charge in [-0.15, -0.1) is 0 Å². The minimum Gasteiger partial charge on any atom is -0.383 e. The van der Waals surface area contributed by atoms with Gasteiger partial charge in [0.2, 0.25) is 0 Å². The lowest BCUT2D eigenvalue weighted by Gasteiger charge is -1.97. The monoisotopic (exact) mass is 170 g/mol. The third kappa shape index (κ3) is 1.58. The van der Waals surface area contributed by atoms with Crippen molar-refractivity contribution in [2.45, 2.75) is 0 Å². The first-order valence-electron chi connectivity index (χ1n) is 2.95. The smallest absolute Gasteiger partial charge is 0.347 e. The van der Waals surface area contributed by atoms with Gasteiger partial charge in [0.05, 0.1) is 0 Å². The Hall–Kier alpha value is -1.89. The van der Waals surface area contributed by atoms with Gasteiger partial charge in [0.1, 0.15) is 11.5 Å². The topological polar surface area (TPSA) is 121 Å². The van der Waals surface area contributed by atoms with Crippen molar-refractivity contribution in [2.75, 3.05) is 5.73 Å². The lowest BCUT2D eigenvalue weighted by molar-refractivity contribution is 0.0700. The molecule has 5 N–H and O–H groups in total. The van der Waals surface area contributed by atoms with E-state index in [0.29, 0.717) is 0 Å². The number of hydrogen-bond donors (Lipinski definition) is 4. The summed E-state index contributed by atoms with van der Waals surface area (Å²) >= 11 is 0. The van der Waals surface area contributed by atoms with Gasteiger partial charge >= 0.3 is 5.69 Å². The maximum Gasteiger partial charge on any atom is 0.347 e. The number of anilines is 1. The molecule has 1 rings (SSSR count). The van der Waals surface area contributed by atoms with Crippen LogP contribution in [0.2, 0.25) is 0 Å². The van der Waals surface area contributed by atoms with Crippen LogP contribution in [0, 0.1) is 0 Å². The van der Waals surface area contributed by atoms with E-state index in [2.05, 4.69) is 9.97 Å². The van der Waals surface area contributed by atoms with E-state index in [9.17, 15) is 9.59 Å². The zero-order valence-electron chi connectivity index (χ0n) is 5.87. The van der Waals surface area contributed by atoms with Crippen LogP contribution < -0.4 is 16.9 Å². The fourth-order valence-corrected chi connectivity index (χ4v) is 0.659. The average Bonchev–Trinajstić information content (AvgIpc) is 2.01. The summed E-state index contributed by atoms with van der Waals surface area (Å²) in [6.07, 6.45) is 0. The largest absolute Gasteiger partial charge is 0.383 e. The van der Waals surface area contributed by atoms with E-state index in [1.54, 1.807) is 0 Å². The van der Waals surface area contributed by atoms with Gasteiger partial charge in [-0.3, -0.25) is 10.0 Å². The molecule has 0 atom stereocenters. The molecule has 1 aromatic rings. The molecule has 0 radical (unpaired) electrons. The zero-order valence-corrected chi connectivity index (χ0v) is 5.87. The van der Waals surface area contributed by atoms with Crippen molar-refractivity contribution < 1.29 is 10.0 Å². The quantitative estimate of drug-likeness (QED) is 0.301. The van der Waals surface area contributed by atoms with E-state index in [1.807, 2.05) is 0 Å². The molecular weight excluding hydrogens is 164 g/mol. The Balaban J connectivity index is 3.17. The van der Waals surface area contributed by atoms with Crippen molar-refractivity contribution in [1.29, 1.82) is 0 Å². The number of H-pyrrole nitrogens is 1. The lowest BCUT2D eigenvalue weighted by atomic mass is 10.4. The summed E-state index contributed by atoms with van der Waals surface area (Å²) in [7, 11) is 0. The molecule has 0 saturated carbocycles. The van der Waals surface area contributed by atoms with Crippen molar-refractivity contribution in [1.82, 2.24) is 15.4 Å². The molecule has 0 aliphatic carbocycles. The molecular formula is C5H6N4O3. The third-order valence-corrected chi connectivity index (χ3v) is 1.11. The molecule has 1 amide bonds. The highest BCUT2D eigenvalue weighted by molar-refractivity contribution is 5.91. The number of amides is 1. The Morgan fingerprint density at radius 3 is 2.92 bits per heavy atom. The van der Waals surface area contributed by atoms with Crippen molar-refractivity contribution in [3.05, 3.63) is 22.2 Å². The Labute approximate surface area is 66.2 Å². The summed E-state index contributed by atoms with van der Waals surface area (Å²) in [6, 6.07) is 1.13. The second-order valence-corrected chi connectivity index (χ2v) is 1.97. The van der Waals surface area contributed by atoms with E-state index in [0.717, 1.165) is 6.07 Å². The number of rotatable bonds is 1. The van der Waals surface area contributed by atoms with Crippen molar-refractivity contribution >= 4 is 11.7 Å². The minimum absolute atomic E-state index is 0.0858. The van der Waals surface area contributed by atoms with Crippen LogP contribution >= 0.6 is 0 Å². The molecule has 64 valence electrons. The highest BCUT2D eigenvalue weighted by Crippen LogP contribution is 1.94. The molecule has 0 aromatic carbocycles. The fraction of sp³-hybridized carbons (Fsp3) is 0.